The Morgan fingerprint density at radius 2 is 1.70 bits per heavy atom. The van der Waals surface area contributed by atoms with Crippen LogP contribution in [0.25, 0.3) is 0 Å². The Morgan fingerprint density at radius 3 is 2.40 bits per heavy atom. The van der Waals surface area contributed by atoms with E-state index in [9.17, 15) is 0 Å². The molecule has 1 aliphatic heterocycles. The average molecular weight is 277 g/mol. The first-order chi connectivity index (χ1) is 9.68. The van der Waals surface area contributed by atoms with E-state index in [-0.39, 0.29) is 5.41 Å². The van der Waals surface area contributed by atoms with Gasteiger partial charge < -0.3 is 9.73 Å². The standard InChI is InChI=1S/C16H27N3O/c1-16(2,13-8-10-17-11-9-13)15-19-18-14(20-15)12-6-4-3-5-7-12/h12-13,17H,3-11H2,1-2H3. The molecule has 1 N–H and O–H groups in total. The number of hydrogen-bond acceptors (Lipinski definition) is 4. The molecule has 1 saturated carbocycles. The second-order valence-electron chi connectivity index (χ2n) is 7.03. The van der Waals surface area contributed by atoms with Gasteiger partial charge >= 0.3 is 0 Å². The molecule has 2 heterocycles. The maximum atomic E-state index is 6.10. The Morgan fingerprint density at radius 1 is 1.00 bits per heavy atom. The fourth-order valence-electron chi connectivity index (χ4n) is 3.73. The van der Waals surface area contributed by atoms with Crippen LogP contribution >= 0.6 is 0 Å². The van der Waals surface area contributed by atoms with E-state index in [1.807, 2.05) is 0 Å². The van der Waals surface area contributed by atoms with Crippen molar-refractivity contribution in [3.63, 3.8) is 0 Å². The summed E-state index contributed by atoms with van der Waals surface area (Å²) >= 11 is 0. The Labute approximate surface area is 121 Å². The lowest BCUT2D eigenvalue weighted by atomic mass is 9.74. The molecule has 4 heteroatoms. The van der Waals surface area contributed by atoms with Crippen LogP contribution in [0.4, 0.5) is 0 Å². The van der Waals surface area contributed by atoms with Gasteiger partial charge in [-0.15, -0.1) is 10.2 Å². The minimum Gasteiger partial charge on any atom is -0.424 e. The highest BCUT2D eigenvalue weighted by molar-refractivity contribution is 5.05. The largest absolute Gasteiger partial charge is 0.424 e. The summed E-state index contributed by atoms with van der Waals surface area (Å²) < 4.78 is 6.10. The van der Waals surface area contributed by atoms with Crippen LogP contribution in [0.3, 0.4) is 0 Å². The molecule has 1 aromatic rings. The topological polar surface area (TPSA) is 51.0 Å². The number of piperidine rings is 1. The van der Waals surface area contributed by atoms with Gasteiger partial charge in [-0.2, -0.15) is 0 Å². The Kier molecular flexibility index (Phi) is 4.11. The van der Waals surface area contributed by atoms with Gasteiger partial charge in [-0.1, -0.05) is 33.1 Å². The summed E-state index contributed by atoms with van der Waals surface area (Å²) in [5.41, 5.74) is 0.00200. The van der Waals surface area contributed by atoms with Gasteiger partial charge in [-0.3, -0.25) is 0 Å². The highest BCUT2D eigenvalue weighted by atomic mass is 16.4. The summed E-state index contributed by atoms with van der Waals surface area (Å²) in [4.78, 5) is 0. The first-order valence-corrected chi connectivity index (χ1v) is 8.22. The van der Waals surface area contributed by atoms with Crippen LogP contribution in [0.1, 0.15) is 76.5 Å². The highest BCUT2D eigenvalue weighted by Crippen LogP contribution is 2.38. The molecule has 2 fully saturated rings. The van der Waals surface area contributed by atoms with Gasteiger partial charge in [0.25, 0.3) is 0 Å². The van der Waals surface area contributed by atoms with Gasteiger partial charge in [0.05, 0.1) is 0 Å². The van der Waals surface area contributed by atoms with Crippen molar-refractivity contribution >= 4 is 0 Å². The summed E-state index contributed by atoms with van der Waals surface area (Å²) in [6.07, 6.45) is 8.81. The summed E-state index contributed by atoms with van der Waals surface area (Å²) in [6.45, 7) is 6.75. The van der Waals surface area contributed by atoms with Crippen molar-refractivity contribution in [3.8, 4) is 0 Å². The summed E-state index contributed by atoms with van der Waals surface area (Å²) in [6, 6.07) is 0. The fourth-order valence-corrected chi connectivity index (χ4v) is 3.73. The Balaban J connectivity index is 1.74. The predicted octanol–water partition coefficient (Wildman–Crippen LogP) is 3.39. The minimum absolute atomic E-state index is 0.00200. The molecule has 0 bridgehead atoms. The highest BCUT2D eigenvalue weighted by Gasteiger charge is 2.37. The predicted molar refractivity (Wildman–Crippen MR) is 78.7 cm³/mol. The molecule has 112 valence electrons. The van der Waals surface area contributed by atoms with Gasteiger partial charge in [0.2, 0.25) is 11.8 Å². The molecular weight excluding hydrogens is 250 g/mol. The van der Waals surface area contributed by atoms with Crippen molar-refractivity contribution in [3.05, 3.63) is 11.8 Å². The van der Waals surface area contributed by atoms with Gasteiger partial charge in [0.1, 0.15) is 0 Å². The number of aromatic nitrogens is 2. The first kappa shape index (κ1) is 14.1. The maximum Gasteiger partial charge on any atom is 0.222 e. The van der Waals surface area contributed by atoms with Crippen molar-refractivity contribution in [2.24, 2.45) is 5.92 Å². The normalized spacial score (nSPS) is 23.1. The molecule has 1 saturated heterocycles. The summed E-state index contributed by atoms with van der Waals surface area (Å²) in [5.74, 6) is 2.89. The third-order valence-electron chi connectivity index (χ3n) is 5.31. The van der Waals surface area contributed by atoms with Crippen LogP contribution in [0.5, 0.6) is 0 Å². The van der Waals surface area contributed by atoms with E-state index in [0.717, 1.165) is 24.9 Å². The van der Waals surface area contributed by atoms with Crippen molar-refractivity contribution in [2.45, 2.75) is 70.1 Å². The number of nitrogens with zero attached hydrogens (tertiary/aromatic N) is 2. The lowest BCUT2D eigenvalue weighted by molar-refractivity contribution is 0.201. The average Bonchev–Trinajstić information content (AvgIpc) is 3.00. The minimum atomic E-state index is 0.00200. The van der Waals surface area contributed by atoms with Crippen molar-refractivity contribution in [1.29, 1.82) is 0 Å². The van der Waals surface area contributed by atoms with Crippen LogP contribution in [0, 0.1) is 5.92 Å². The Bertz CT molecular complexity index is 429. The zero-order chi connectivity index (χ0) is 14.0. The van der Waals surface area contributed by atoms with E-state index < -0.39 is 0 Å². The second kappa shape index (κ2) is 5.84. The number of rotatable bonds is 3. The van der Waals surface area contributed by atoms with E-state index in [4.69, 9.17) is 4.42 Å². The van der Waals surface area contributed by atoms with Crippen molar-refractivity contribution < 1.29 is 4.42 Å². The van der Waals surface area contributed by atoms with Crippen LogP contribution in [0.15, 0.2) is 4.42 Å². The van der Waals surface area contributed by atoms with E-state index in [1.165, 1.54) is 44.9 Å². The number of hydrogen-bond donors (Lipinski definition) is 1. The van der Waals surface area contributed by atoms with Crippen LogP contribution < -0.4 is 5.32 Å². The molecule has 3 rings (SSSR count). The quantitative estimate of drug-likeness (QED) is 0.920. The lowest BCUT2D eigenvalue weighted by Gasteiger charge is -2.34. The third kappa shape index (κ3) is 2.76. The van der Waals surface area contributed by atoms with Crippen LogP contribution in [0.2, 0.25) is 0 Å². The van der Waals surface area contributed by atoms with Crippen LogP contribution in [-0.2, 0) is 5.41 Å². The fraction of sp³-hybridized carbons (Fsp3) is 0.875. The molecule has 1 aromatic heterocycles. The number of nitrogens with one attached hydrogen (secondary N) is 1. The molecule has 1 aliphatic carbocycles. The van der Waals surface area contributed by atoms with Gasteiger partial charge in [0.15, 0.2) is 0 Å². The second-order valence-corrected chi connectivity index (χ2v) is 7.03. The summed E-state index contributed by atoms with van der Waals surface area (Å²) in [7, 11) is 0. The zero-order valence-electron chi connectivity index (χ0n) is 12.8. The maximum absolute atomic E-state index is 6.10. The SMILES string of the molecule is CC(C)(c1nnc(C2CCCCC2)o1)C1CCNCC1. The lowest BCUT2D eigenvalue weighted by Crippen LogP contribution is -2.38. The zero-order valence-corrected chi connectivity index (χ0v) is 12.8. The van der Waals surface area contributed by atoms with E-state index in [2.05, 4.69) is 29.4 Å². The third-order valence-corrected chi connectivity index (χ3v) is 5.31. The van der Waals surface area contributed by atoms with E-state index in [1.54, 1.807) is 0 Å². The molecule has 0 aromatic carbocycles. The van der Waals surface area contributed by atoms with E-state index in [0.29, 0.717) is 11.8 Å². The van der Waals surface area contributed by atoms with E-state index >= 15 is 0 Å². The molecule has 0 amide bonds. The molecule has 0 atom stereocenters. The van der Waals surface area contributed by atoms with Gasteiger partial charge in [0, 0.05) is 11.3 Å². The van der Waals surface area contributed by atoms with Crippen LogP contribution in [-0.4, -0.2) is 23.3 Å². The van der Waals surface area contributed by atoms with Gasteiger partial charge in [-0.05, 0) is 44.7 Å². The molecule has 0 radical (unpaired) electrons. The summed E-state index contributed by atoms with van der Waals surface area (Å²) in [5, 5.41) is 12.2. The molecule has 20 heavy (non-hydrogen) atoms. The van der Waals surface area contributed by atoms with Gasteiger partial charge in [-0.25, -0.2) is 0 Å². The molecule has 0 unspecified atom stereocenters. The Hall–Kier alpha value is -0.900. The van der Waals surface area contributed by atoms with Crippen molar-refractivity contribution in [1.82, 2.24) is 15.5 Å². The first-order valence-electron chi connectivity index (χ1n) is 8.22. The molecule has 2 aliphatic rings. The molecule has 0 spiro atoms. The monoisotopic (exact) mass is 277 g/mol. The smallest absolute Gasteiger partial charge is 0.222 e. The molecule has 4 nitrogen and oxygen atoms in total. The van der Waals surface area contributed by atoms with Crippen molar-refractivity contribution in [2.75, 3.05) is 13.1 Å². The molecular formula is C16H27N3O.